The molecule has 14 heavy (non-hydrogen) atoms. The fraction of sp³-hybridized carbons (Fsp3) is 0.200. The average Bonchev–Trinajstić information content (AvgIpc) is 2.49. The molecule has 0 bridgehead atoms. The SMILES string of the molecule is O=C1NCC12C(=O)Nc1ccccc12. The molecule has 1 aromatic rings. The minimum Gasteiger partial charge on any atom is -0.353 e. The number of β-lactam (4-membered cyclic amide) rings is 1. The van der Waals surface area contributed by atoms with E-state index >= 15 is 0 Å². The summed E-state index contributed by atoms with van der Waals surface area (Å²) < 4.78 is 0. The van der Waals surface area contributed by atoms with Gasteiger partial charge in [0.25, 0.3) is 0 Å². The molecule has 2 aliphatic rings. The van der Waals surface area contributed by atoms with E-state index in [1.54, 1.807) is 0 Å². The maximum atomic E-state index is 11.7. The van der Waals surface area contributed by atoms with Gasteiger partial charge in [-0.2, -0.15) is 0 Å². The first-order valence-electron chi connectivity index (χ1n) is 4.44. The number of hydrogen-bond donors (Lipinski definition) is 2. The number of amides is 2. The van der Waals surface area contributed by atoms with Crippen LogP contribution in [-0.4, -0.2) is 18.4 Å². The number of para-hydroxylation sites is 1. The van der Waals surface area contributed by atoms with Crippen LogP contribution in [0.4, 0.5) is 5.69 Å². The van der Waals surface area contributed by atoms with Crippen LogP contribution >= 0.6 is 0 Å². The Balaban J connectivity index is 2.24. The summed E-state index contributed by atoms with van der Waals surface area (Å²) in [6.07, 6.45) is 0. The largest absolute Gasteiger partial charge is 0.353 e. The van der Waals surface area contributed by atoms with Gasteiger partial charge in [-0.15, -0.1) is 0 Å². The highest BCUT2D eigenvalue weighted by atomic mass is 16.2. The molecule has 0 aliphatic carbocycles. The first-order valence-corrected chi connectivity index (χ1v) is 4.44. The lowest BCUT2D eigenvalue weighted by Crippen LogP contribution is -2.65. The Hall–Kier alpha value is -1.84. The van der Waals surface area contributed by atoms with Gasteiger partial charge in [0.15, 0.2) is 5.41 Å². The van der Waals surface area contributed by atoms with Crippen LogP contribution in [0.3, 0.4) is 0 Å². The van der Waals surface area contributed by atoms with Gasteiger partial charge in [0.2, 0.25) is 11.8 Å². The van der Waals surface area contributed by atoms with Gasteiger partial charge in [-0.1, -0.05) is 18.2 Å². The van der Waals surface area contributed by atoms with Gasteiger partial charge in [0.1, 0.15) is 0 Å². The molecule has 2 aliphatic heterocycles. The molecule has 70 valence electrons. The summed E-state index contributed by atoms with van der Waals surface area (Å²) in [6.45, 7) is 0.411. The summed E-state index contributed by atoms with van der Waals surface area (Å²) in [6, 6.07) is 7.32. The maximum Gasteiger partial charge on any atom is 0.246 e. The average molecular weight is 188 g/mol. The van der Waals surface area contributed by atoms with Gasteiger partial charge in [-0.25, -0.2) is 0 Å². The number of carbonyl (C=O) groups excluding carboxylic acids is 2. The molecule has 2 N–H and O–H groups in total. The number of rotatable bonds is 0. The number of nitrogens with one attached hydrogen (secondary N) is 2. The van der Waals surface area contributed by atoms with Gasteiger partial charge in [-0.3, -0.25) is 9.59 Å². The molecular weight excluding hydrogens is 180 g/mol. The van der Waals surface area contributed by atoms with Gasteiger partial charge < -0.3 is 10.6 Å². The van der Waals surface area contributed by atoms with Crippen molar-refractivity contribution in [1.82, 2.24) is 5.32 Å². The number of fused-ring (bicyclic) bond motifs is 2. The minimum atomic E-state index is -0.934. The fourth-order valence-corrected chi connectivity index (χ4v) is 2.05. The third-order valence-electron chi connectivity index (χ3n) is 2.92. The van der Waals surface area contributed by atoms with E-state index in [1.165, 1.54) is 0 Å². The van der Waals surface area contributed by atoms with Gasteiger partial charge in [-0.05, 0) is 6.07 Å². The monoisotopic (exact) mass is 188 g/mol. The summed E-state index contributed by atoms with van der Waals surface area (Å²) in [5, 5.41) is 5.33. The van der Waals surface area contributed by atoms with Crippen LogP contribution in [0.2, 0.25) is 0 Å². The Bertz CT molecular complexity index is 455. The number of benzene rings is 1. The van der Waals surface area contributed by atoms with E-state index in [1.807, 2.05) is 24.3 Å². The van der Waals surface area contributed by atoms with Crippen molar-refractivity contribution in [1.29, 1.82) is 0 Å². The van der Waals surface area contributed by atoms with Crippen LogP contribution in [0.25, 0.3) is 0 Å². The van der Waals surface area contributed by atoms with E-state index in [4.69, 9.17) is 0 Å². The van der Waals surface area contributed by atoms with E-state index in [2.05, 4.69) is 10.6 Å². The molecule has 2 amide bonds. The van der Waals surface area contributed by atoms with Crippen molar-refractivity contribution in [3.05, 3.63) is 29.8 Å². The van der Waals surface area contributed by atoms with Crippen molar-refractivity contribution in [2.24, 2.45) is 0 Å². The Morgan fingerprint density at radius 3 is 2.57 bits per heavy atom. The van der Waals surface area contributed by atoms with Crippen molar-refractivity contribution in [2.75, 3.05) is 11.9 Å². The second-order valence-corrected chi connectivity index (χ2v) is 3.59. The smallest absolute Gasteiger partial charge is 0.246 e. The second kappa shape index (κ2) is 2.15. The quantitative estimate of drug-likeness (QED) is 0.445. The zero-order valence-corrected chi connectivity index (χ0v) is 7.33. The predicted octanol–water partition coefficient (Wildman–Crippen LogP) is 0.00630. The highest BCUT2D eigenvalue weighted by molar-refractivity contribution is 6.23. The lowest BCUT2D eigenvalue weighted by atomic mass is 9.75. The summed E-state index contributed by atoms with van der Waals surface area (Å²) in [7, 11) is 0. The molecule has 1 fully saturated rings. The molecule has 0 radical (unpaired) electrons. The molecule has 1 atom stereocenters. The van der Waals surface area contributed by atoms with E-state index < -0.39 is 5.41 Å². The maximum absolute atomic E-state index is 11.7. The minimum absolute atomic E-state index is 0.194. The number of anilines is 1. The van der Waals surface area contributed by atoms with Crippen LogP contribution in [-0.2, 0) is 15.0 Å². The molecule has 4 nitrogen and oxygen atoms in total. The molecule has 1 spiro atoms. The van der Waals surface area contributed by atoms with Gasteiger partial charge in [0, 0.05) is 17.8 Å². The third-order valence-corrected chi connectivity index (χ3v) is 2.92. The van der Waals surface area contributed by atoms with Crippen LogP contribution in [0.1, 0.15) is 5.56 Å². The number of hydrogen-bond acceptors (Lipinski definition) is 2. The van der Waals surface area contributed by atoms with Crippen molar-refractivity contribution in [3.8, 4) is 0 Å². The molecule has 3 rings (SSSR count). The summed E-state index contributed by atoms with van der Waals surface area (Å²) >= 11 is 0. The number of carbonyl (C=O) groups is 2. The standard InChI is InChI=1S/C10H8N2O2/c13-8-10(5-11-8)6-3-1-2-4-7(6)12-9(10)14/h1-4H,5H2,(H,11,13)(H,12,14). The Morgan fingerprint density at radius 1 is 1.14 bits per heavy atom. The molecule has 0 saturated carbocycles. The summed E-state index contributed by atoms with van der Waals surface area (Å²) in [5.41, 5.74) is 0.623. The lowest BCUT2D eigenvalue weighted by molar-refractivity contribution is -0.140. The predicted molar refractivity (Wildman–Crippen MR) is 49.8 cm³/mol. The third kappa shape index (κ3) is 0.617. The van der Waals surface area contributed by atoms with Crippen LogP contribution in [0, 0.1) is 0 Å². The first-order chi connectivity index (χ1) is 6.75. The van der Waals surface area contributed by atoms with E-state index in [-0.39, 0.29) is 11.8 Å². The molecule has 4 heteroatoms. The Morgan fingerprint density at radius 2 is 1.93 bits per heavy atom. The van der Waals surface area contributed by atoms with E-state index in [9.17, 15) is 9.59 Å². The molecule has 1 aromatic carbocycles. The summed E-state index contributed by atoms with van der Waals surface area (Å²) in [4.78, 5) is 23.1. The highest BCUT2D eigenvalue weighted by Crippen LogP contribution is 2.40. The Labute approximate surface area is 80.3 Å². The van der Waals surface area contributed by atoms with Crippen LogP contribution < -0.4 is 10.6 Å². The van der Waals surface area contributed by atoms with Crippen molar-refractivity contribution < 1.29 is 9.59 Å². The molecule has 0 aromatic heterocycles. The van der Waals surface area contributed by atoms with Gasteiger partial charge in [0.05, 0.1) is 0 Å². The molecule has 2 heterocycles. The van der Waals surface area contributed by atoms with Crippen molar-refractivity contribution in [2.45, 2.75) is 5.41 Å². The normalized spacial score (nSPS) is 28.0. The lowest BCUT2D eigenvalue weighted by Gasteiger charge is -2.35. The molecule has 1 saturated heterocycles. The van der Waals surface area contributed by atoms with Gasteiger partial charge >= 0.3 is 0 Å². The second-order valence-electron chi connectivity index (χ2n) is 3.59. The molecule has 1 unspecified atom stereocenters. The van der Waals surface area contributed by atoms with E-state index in [0.717, 1.165) is 11.3 Å². The Kier molecular flexibility index (Phi) is 1.16. The van der Waals surface area contributed by atoms with Crippen molar-refractivity contribution >= 4 is 17.5 Å². The highest BCUT2D eigenvalue weighted by Gasteiger charge is 2.58. The molecular formula is C10H8N2O2. The van der Waals surface area contributed by atoms with E-state index in [0.29, 0.717) is 6.54 Å². The zero-order chi connectivity index (χ0) is 9.76. The fourth-order valence-electron chi connectivity index (χ4n) is 2.05. The van der Waals surface area contributed by atoms with Crippen molar-refractivity contribution in [3.63, 3.8) is 0 Å². The zero-order valence-electron chi connectivity index (χ0n) is 7.33. The topological polar surface area (TPSA) is 58.2 Å². The van der Waals surface area contributed by atoms with Crippen LogP contribution in [0.5, 0.6) is 0 Å². The first kappa shape index (κ1) is 7.55. The summed E-state index contributed by atoms with van der Waals surface area (Å²) in [5.74, 6) is -0.401. The van der Waals surface area contributed by atoms with Crippen LogP contribution in [0.15, 0.2) is 24.3 Å².